The third-order valence-corrected chi connectivity index (χ3v) is 3.29. The number of aryl methyl sites for hydroxylation is 1. The van der Waals surface area contributed by atoms with E-state index in [1.807, 2.05) is 12.3 Å². The molecular weight excluding hydrogens is 198 g/mol. The molecule has 3 heteroatoms. The van der Waals surface area contributed by atoms with Gasteiger partial charge in [0.25, 0.3) is 0 Å². The van der Waals surface area contributed by atoms with E-state index >= 15 is 0 Å². The van der Waals surface area contributed by atoms with Crippen molar-refractivity contribution in [3.63, 3.8) is 0 Å². The van der Waals surface area contributed by atoms with Gasteiger partial charge in [0.2, 0.25) is 0 Å². The van der Waals surface area contributed by atoms with Crippen LogP contribution in [0.25, 0.3) is 0 Å². The SMILES string of the molecule is CCNCC1CCN(c2cccnc2C)C1. The molecule has 0 saturated carbocycles. The van der Waals surface area contributed by atoms with Gasteiger partial charge in [-0.2, -0.15) is 0 Å². The summed E-state index contributed by atoms with van der Waals surface area (Å²) in [5.74, 6) is 0.791. The summed E-state index contributed by atoms with van der Waals surface area (Å²) in [5.41, 5.74) is 2.45. The van der Waals surface area contributed by atoms with E-state index in [4.69, 9.17) is 0 Å². The Labute approximate surface area is 97.9 Å². The van der Waals surface area contributed by atoms with E-state index in [2.05, 4.69) is 35.1 Å². The first-order valence-corrected chi connectivity index (χ1v) is 6.18. The monoisotopic (exact) mass is 219 g/mol. The van der Waals surface area contributed by atoms with E-state index in [0.29, 0.717) is 0 Å². The van der Waals surface area contributed by atoms with Crippen molar-refractivity contribution in [2.45, 2.75) is 20.3 Å². The minimum Gasteiger partial charge on any atom is -0.370 e. The normalized spacial score (nSPS) is 20.4. The quantitative estimate of drug-likeness (QED) is 0.837. The molecule has 0 amide bonds. The first-order chi connectivity index (χ1) is 7.81. The number of nitrogens with zero attached hydrogens (tertiary/aromatic N) is 2. The largest absolute Gasteiger partial charge is 0.370 e. The van der Waals surface area contributed by atoms with Gasteiger partial charge in [-0.1, -0.05) is 6.92 Å². The smallest absolute Gasteiger partial charge is 0.0605 e. The van der Waals surface area contributed by atoms with Crippen LogP contribution in [0.4, 0.5) is 5.69 Å². The third-order valence-electron chi connectivity index (χ3n) is 3.29. The molecule has 2 heterocycles. The van der Waals surface area contributed by atoms with Gasteiger partial charge < -0.3 is 10.2 Å². The molecule has 1 atom stereocenters. The standard InChI is InChI=1S/C13H21N3/c1-3-14-9-12-6-8-16(10-12)13-5-4-7-15-11(13)2/h4-5,7,12,14H,3,6,8-10H2,1-2H3. The number of nitrogens with one attached hydrogen (secondary N) is 1. The Hall–Kier alpha value is -1.09. The maximum absolute atomic E-state index is 4.35. The van der Waals surface area contributed by atoms with Crippen molar-refractivity contribution in [3.05, 3.63) is 24.0 Å². The molecule has 1 aromatic heterocycles. The fraction of sp³-hybridized carbons (Fsp3) is 0.615. The second kappa shape index (κ2) is 5.30. The lowest BCUT2D eigenvalue weighted by Crippen LogP contribution is -2.26. The highest BCUT2D eigenvalue weighted by molar-refractivity contribution is 5.50. The summed E-state index contributed by atoms with van der Waals surface area (Å²) >= 11 is 0. The number of hydrogen-bond acceptors (Lipinski definition) is 3. The van der Waals surface area contributed by atoms with Crippen LogP contribution in [-0.4, -0.2) is 31.2 Å². The molecule has 1 aliphatic heterocycles. The molecule has 1 N–H and O–H groups in total. The molecular formula is C13H21N3. The van der Waals surface area contributed by atoms with Gasteiger partial charge in [-0.3, -0.25) is 4.98 Å². The van der Waals surface area contributed by atoms with Crippen molar-refractivity contribution in [3.8, 4) is 0 Å². The van der Waals surface area contributed by atoms with Crippen molar-refractivity contribution >= 4 is 5.69 Å². The van der Waals surface area contributed by atoms with Crippen LogP contribution in [0.15, 0.2) is 18.3 Å². The Bertz CT molecular complexity index is 338. The van der Waals surface area contributed by atoms with Gasteiger partial charge in [0.1, 0.15) is 0 Å². The lowest BCUT2D eigenvalue weighted by Gasteiger charge is -2.20. The Balaban J connectivity index is 1.96. The molecule has 1 unspecified atom stereocenters. The Kier molecular flexibility index (Phi) is 3.78. The summed E-state index contributed by atoms with van der Waals surface area (Å²) in [6.45, 7) is 8.81. The highest BCUT2D eigenvalue weighted by Crippen LogP contribution is 2.24. The van der Waals surface area contributed by atoms with E-state index in [1.54, 1.807) is 0 Å². The van der Waals surface area contributed by atoms with Crippen LogP contribution in [0.5, 0.6) is 0 Å². The average molecular weight is 219 g/mol. The summed E-state index contributed by atoms with van der Waals surface area (Å²) in [7, 11) is 0. The summed E-state index contributed by atoms with van der Waals surface area (Å²) < 4.78 is 0. The summed E-state index contributed by atoms with van der Waals surface area (Å²) in [6.07, 6.45) is 3.16. The van der Waals surface area contributed by atoms with Crippen LogP contribution in [0, 0.1) is 12.8 Å². The van der Waals surface area contributed by atoms with Crippen LogP contribution >= 0.6 is 0 Å². The van der Waals surface area contributed by atoms with E-state index in [-0.39, 0.29) is 0 Å². The zero-order valence-corrected chi connectivity index (χ0v) is 10.2. The van der Waals surface area contributed by atoms with Crippen molar-refractivity contribution in [1.29, 1.82) is 0 Å². The average Bonchev–Trinajstić information content (AvgIpc) is 2.75. The van der Waals surface area contributed by atoms with Gasteiger partial charge >= 0.3 is 0 Å². The zero-order chi connectivity index (χ0) is 11.4. The van der Waals surface area contributed by atoms with E-state index in [9.17, 15) is 0 Å². The molecule has 88 valence electrons. The number of hydrogen-bond donors (Lipinski definition) is 1. The van der Waals surface area contributed by atoms with E-state index < -0.39 is 0 Å². The Morgan fingerprint density at radius 3 is 3.19 bits per heavy atom. The van der Waals surface area contributed by atoms with Crippen LogP contribution in [0.1, 0.15) is 19.0 Å². The highest BCUT2D eigenvalue weighted by atomic mass is 15.2. The molecule has 2 rings (SSSR count). The molecule has 0 aromatic carbocycles. The van der Waals surface area contributed by atoms with Crippen molar-refractivity contribution in [2.24, 2.45) is 5.92 Å². The van der Waals surface area contributed by atoms with Gasteiger partial charge in [-0.15, -0.1) is 0 Å². The second-order valence-electron chi connectivity index (χ2n) is 4.52. The number of anilines is 1. The van der Waals surface area contributed by atoms with Crippen LogP contribution in [0.2, 0.25) is 0 Å². The van der Waals surface area contributed by atoms with Gasteiger partial charge in [0.15, 0.2) is 0 Å². The molecule has 3 nitrogen and oxygen atoms in total. The zero-order valence-electron chi connectivity index (χ0n) is 10.2. The van der Waals surface area contributed by atoms with Gasteiger partial charge in [-0.25, -0.2) is 0 Å². The predicted octanol–water partition coefficient (Wildman–Crippen LogP) is 1.83. The molecule has 0 radical (unpaired) electrons. The minimum atomic E-state index is 0.791. The van der Waals surface area contributed by atoms with Gasteiger partial charge in [0.05, 0.1) is 11.4 Å². The van der Waals surface area contributed by atoms with E-state index in [0.717, 1.165) is 24.7 Å². The van der Waals surface area contributed by atoms with Crippen molar-refractivity contribution in [1.82, 2.24) is 10.3 Å². The first kappa shape index (κ1) is 11.4. The lowest BCUT2D eigenvalue weighted by molar-refractivity contribution is 0.527. The summed E-state index contributed by atoms with van der Waals surface area (Å²) in [4.78, 5) is 6.82. The van der Waals surface area contributed by atoms with Crippen molar-refractivity contribution < 1.29 is 0 Å². The minimum absolute atomic E-state index is 0.791. The molecule has 1 aromatic rings. The second-order valence-corrected chi connectivity index (χ2v) is 4.52. The van der Waals surface area contributed by atoms with Crippen molar-refractivity contribution in [2.75, 3.05) is 31.1 Å². The summed E-state index contributed by atoms with van der Waals surface area (Å²) in [6, 6.07) is 4.21. The fourth-order valence-electron chi connectivity index (χ4n) is 2.38. The van der Waals surface area contributed by atoms with E-state index in [1.165, 1.54) is 25.2 Å². The maximum Gasteiger partial charge on any atom is 0.0605 e. The van der Waals surface area contributed by atoms with Gasteiger partial charge in [-0.05, 0) is 44.5 Å². The fourth-order valence-corrected chi connectivity index (χ4v) is 2.38. The van der Waals surface area contributed by atoms with Crippen LogP contribution < -0.4 is 10.2 Å². The Morgan fingerprint density at radius 2 is 2.44 bits per heavy atom. The molecule has 1 fully saturated rings. The summed E-state index contributed by atoms with van der Waals surface area (Å²) in [5, 5.41) is 3.43. The number of pyridine rings is 1. The first-order valence-electron chi connectivity index (χ1n) is 6.18. The van der Waals surface area contributed by atoms with Crippen LogP contribution in [-0.2, 0) is 0 Å². The Morgan fingerprint density at radius 1 is 1.56 bits per heavy atom. The maximum atomic E-state index is 4.35. The molecule has 1 aliphatic rings. The third kappa shape index (κ3) is 2.53. The van der Waals surface area contributed by atoms with Gasteiger partial charge in [0, 0.05) is 19.3 Å². The van der Waals surface area contributed by atoms with Crippen LogP contribution in [0.3, 0.4) is 0 Å². The predicted molar refractivity (Wildman–Crippen MR) is 67.8 cm³/mol. The molecule has 0 bridgehead atoms. The highest BCUT2D eigenvalue weighted by Gasteiger charge is 2.23. The molecule has 0 aliphatic carbocycles. The molecule has 16 heavy (non-hydrogen) atoms. The molecule has 1 saturated heterocycles. The lowest BCUT2D eigenvalue weighted by atomic mass is 10.1. The topological polar surface area (TPSA) is 28.2 Å². The number of rotatable bonds is 4. The number of aromatic nitrogens is 1. The molecule has 0 spiro atoms.